The summed E-state index contributed by atoms with van der Waals surface area (Å²) in [4.78, 5) is 28.4. The first-order chi connectivity index (χ1) is 11.6. The van der Waals surface area contributed by atoms with Crippen LogP contribution < -0.4 is 9.80 Å². The molecule has 124 valence electrons. The maximum Gasteiger partial charge on any atom is 0.227 e. The molecule has 0 fully saturated rings. The third-order valence-corrected chi connectivity index (χ3v) is 4.43. The monoisotopic (exact) mass is 322 g/mol. The Morgan fingerprint density at radius 1 is 1.00 bits per heavy atom. The van der Waals surface area contributed by atoms with Gasteiger partial charge in [0.2, 0.25) is 11.8 Å². The quantitative estimate of drug-likeness (QED) is 0.869. The number of fused-ring (bicyclic) bond motifs is 1. The van der Waals surface area contributed by atoms with Gasteiger partial charge in [-0.1, -0.05) is 42.5 Å². The fourth-order valence-electron chi connectivity index (χ4n) is 3.32. The molecule has 0 aliphatic carbocycles. The minimum Gasteiger partial charge on any atom is -0.308 e. The lowest BCUT2D eigenvalue weighted by atomic mass is 10.1. The van der Waals surface area contributed by atoms with Gasteiger partial charge in [-0.2, -0.15) is 0 Å². The van der Waals surface area contributed by atoms with Gasteiger partial charge < -0.3 is 9.80 Å². The molecule has 0 spiro atoms. The van der Waals surface area contributed by atoms with E-state index in [-0.39, 0.29) is 17.9 Å². The van der Waals surface area contributed by atoms with Crippen LogP contribution in [0.5, 0.6) is 0 Å². The first-order valence-electron chi connectivity index (χ1n) is 8.31. The van der Waals surface area contributed by atoms with Crippen molar-refractivity contribution in [2.24, 2.45) is 0 Å². The van der Waals surface area contributed by atoms with Gasteiger partial charge >= 0.3 is 0 Å². The van der Waals surface area contributed by atoms with E-state index in [0.717, 1.165) is 23.4 Å². The van der Waals surface area contributed by atoms with Gasteiger partial charge in [-0.05, 0) is 31.0 Å². The lowest BCUT2D eigenvalue weighted by Crippen LogP contribution is -2.51. The molecule has 0 radical (unpaired) electrons. The highest BCUT2D eigenvalue weighted by Gasteiger charge is 2.32. The van der Waals surface area contributed by atoms with Crippen molar-refractivity contribution in [1.82, 2.24) is 0 Å². The van der Waals surface area contributed by atoms with Crippen LogP contribution in [0.2, 0.25) is 0 Å². The fourth-order valence-corrected chi connectivity index (χ4v) is 3.32. The van der Waals surface area contributed by atoms with Gasteiger partial charge in [0.05, 0.1) is 17.4 Å². The molecule has 3 rings (SSSR count). The van der Waals surface area contributed by atoms with Gasteiger partial charge in [-0.15, -0.1) is 0 Å². The van der Waals surface area contributed by atoms with E-state index in [2.05, 4.69) is 0 Å². The molecular formula is C20H22N2O2. The standard InChI is InChI=1S/C20H22N2O2/c1-15-14-21(20(24)13-12-17-8-4-3-5-9-17)18-10-6-7-11-19(18)22(15)16(2)23/h3-11,15H,12-14H2,1-2H3/t15-/m0/s1. The number of amides is 2. The van der Waals surface area contributed by atoms with Gasteiger partial charge in [0.1, 0.15) is 0 Å². The summed E-state index contributed by atoms with van der Waals surface area (Å²) < 4.78 is 0. The van der Waals surface area contributed by atoms with Gasteiger partial charge in [-0.3, -0.25) is 9.59 Å². The van der Waals surface area contributed by atoms with E-state index in [1.54, 1.807) is 11.8 Å². The number of benzene rings is 2. The van der Waals surface area contributed by atoms with E-state index in [1.165, 1.54) is 0 Å². The van der Waals surface area contributed by atoms with Crippen molar-refractivity contribution in [3.8, 4) is 0 Å². The van der Waals surface area contributed by atoms with Crippen LogP contribution >= 0.6 is 0 Å². The van der Waals surface area contributed by atoms with E-state index in [1.807, 2.05) is 66.4 Å². The molecule has 2 aromatic rings. The van der Waals surface area contributed by atoms with Gasteiger partial charge in [0.25, 0.3) is 0 Å². The van der Waals surface area contributed by atoms with Crippen LogP contribution in [0.1, 0.15) is 25.8 Å². The molecule has 0 saturated heterocycles. The van der Waals surface area contributed by atoms with Gasteiger partial charge in [0, 0.05) is 19.9 Å². The van der Waals surface area contributed by atoms with Crippen molar-refractivity contribution in [3.05, 3.63) is 60.2 Å². The summed E-state index contributed by atoms with van der Waals surface area (Å²) in [6.07, 6.45) is 1.19. The Balaban J connectivity index is 1.81. The summed E-state index contributed by atoms with van der Waals surface area (Å²) in [6.45, 7) is 4.08. The number of carbonyl (C=O) groups is 2. The zero-order valence-corrected chi connectivity index (χ0v) is 14.1. The molecule has 0 bridgehead atoms. The number of anilines is 2. The Labute approximate surface area is 142 Å². The molecule has 1 aliphatic rings. The second-order valence-electron chi connectivity index (χ2n) is 6.22. The van der Waals surface area contributed by atoms with Crippen LogP contribution in [-0.2, 0) is 16.0 Å². The zero-order chi connectivity index (χ0) is 17.1. The van der Waals surface area contributed by atoms with Gasteiger partial charge in [-0.25, -0.2) is 0 Å². The van der Waals surface area contributed by atoms with Crippen molar-refractivity contribution >= 4 is 23.2 Å². The Morgan fingerprint density at radius 2 is 1.62 bits per heavy atom. The Bertz CT molecular complexity index is 742. The number of rotatable bonds is 3. The number of nitrogens with zero attached hydrogens (tertiary/aromatic N) is 2. The molecule has 4 heteroatoms. The molecule has 24 heavy (non-hydrogen) atoms. The van der Waals surface area contributed by atoms with Crippen LogP contribution in [0.4, 0.5) is 11.4 Å². The molecule has 2 aromatic carbocycles. The van der Waals surface area contributed by atoms with E-state index < -0.39 is 0 Å². The van der Waals surface area contributed by atoms with Crippen LogP contribution in [0.15, 0.2) is 54.6 Å². The van der Waals surface area contributed by atoms with E-state index in [4.69, 9.17) is 0 Å². The number of aryl methyl sites for hydroxylation is 1. The fraction of sp³-hybridized carbons (Fsp3) is 0.300. The SMILES string of the molecule is CC(=O)N1c2ccccc2N(C(=O)CCc2ccccc2)C[C@@H]1C. The van der Waals surface area contributed by atoms with Crippen LogP contribution in [0.25, 0.3) is 0 Å². The summed E-state index contributed by atoms with van der Waals surface area (Å²) in [7, 11) is 0. The van der Waals surface area contributed by atoms with Crippen molar-refractivity contribution in [2.75, 3.05) is 16.3 Å². The molecular weight excluding hydrogens is 300 g/mol. The molecule has 0 unspecified atom stereocenters. The molecule has 4 nitrogen and oxygen atoms in total. The number of para-hydroxylation sites is 2. The van der Waals surface area contributed by atoms with Crippen molar-refractivity contribution in [2.45, 2.75) is 32.7 Å². The number of hydrogen-bond donors (Lipinski definition) is 0. The number of carbonyl (C=O) groups excluding carboxylic acids is 2. The van der Waals surface area contributed by atoms with E-state index in [0.29, 0.717) is 13.0 Å². The smallest absolute Gasteiger partial charge is 0.227 e. The van der Waals surface area contributed by atoms with Crippen LogP contribution in [0.3, 0.4) is 0 Å². The predicted octanol–water partition coefficient (Wildman–Crippen LogP) is 3.41. The average molecular weight is 322 g/mol. The molecule has 2 amide bonds. The van der Waals surface area contributed by atoms with Crippen molar-refractivity contribution in [3.63, 3.8) is 0 Å². The molecule has 1 atom stereocenters. The Hall–Kier alpha value is -2.62. The second kappa shape index (κ2) is 6.87. The highest BCUT2D eigenvalue weighted by Crippen LogP contribution is 2.35. The summed E-state index contributed by atoms with van der Waals surface area (Å²) in [5, 5.41) is 0. The van der Waals surface area contributed by atoms with E-state index in [9.17, 15) is 9.59 Å². The first kappa shape index (κ1) is 16.2. The Kier molecular flexibility index (Phi) is 4.65. The molecule has 0 aromatic heterocycles. The average Bonchev–Trinajstić information content (AvgIpc) is 2.59. The van der Waals surface area contributed by atoms with Crippen LogP contribution in [0, 0.1) is 0 Å². The summed E-state index contributed by atoms with van der Waals surface area (Å²) in [5.74, 6) is 0.104. The number of hydrogen-bond acceptors (Lipinski definition) is 2. The topological polar surface area (TPSA) is 40.6 Å². The first-order valence-corrected chi connectivity index (χ1v) is 8.31. The minimum atomic E-state index is -0.0296. The largest absolute Gasteiger partial charge is 0.308 e. The van der Waals surface area contributed by atoms with Crippen molar-refractivity contribution < 1.29 is 9.59 Å². The van der Waals surface area contributed by atoms with Crippen LogP contribution in [-0.4, -0.2) is 24.4 Å². The minimum absolute atomic E-state index is 0.00587. The Morgan fingerprint density at radius 3 is 2.29 bits per heavy atom. The lowest BCUT2D eigenvalue weighted by molar-refractivity contribution is -0.120. The predicted molar refractivity (Wildman–Crippen MR) is 96.2 cm³/mol. The van der Waals surface area contributed by atoms with Gasteiger partial charge in [0.15, 0.2) is 0 Å². The normalized spacial score (nSPS) is 16.7. The van der Waals surface area contributed by atoms with E-state index >= 15 is 0 Å². The molecule has 1 heterocycles. The lowest BCUT2D eigenvalue weighted by Gasteiger charge is -2.40. The maximum atomic E-state index is 12.8. The van der Waals surface area contributed by atoms with Crippen molar-refractivity contribution in [1.29, 1.82) is 0 Å². The highest BCUT2D eigenvalue weighted by atomic mass is 16.2. The highest BCUT2D eigenvalue weighted by molar-refractivity contribution is 6.03. The molecule has 0 N–H and O–H groups in total. The third-order valence-electron chi connectivity index (χ3n) is 4.43. The third kappa shape index (κ3) is 3.18. The summed E-state index contributed by atoms with van der Waals surface area (Å²) in [6, 6.07) is 17.6. The molecule has 1 aliphatic heterocycles. The molecule has 0 saturated carbocycles. The second-order valence-corrected chi connectivity index (χ2v) is 6.22. The maximum absolute atomic E-state index is 12.8. The summed E-state index contributed by atoms with van der Waals surface area (Å²) >= 11 is 0. The summed E-state index contributed by atoms with van der Waals surface area (Å²) in [5.41, 5.74) is 2.80. The zero-order valence-electron chi connectivity index (χ0n) is 14.1.